The topological polar surface area (TPSA) is 46.3 Å². The molecule has 1 fully saturated rings. The second-order valence-corrected chi connectivity index (χ2v) is 5.64. The van der Waals surface area contributed by atoms with Gasteiger partial charge in [-0.25, -0.2) is 0 Å². The van der Waals surface area contributed by atoms with E-state index in [4.69, 9.17) is 5.73 Å². The second-order valence-electron chi connectivity index (χ2n) is 5.64. The predicted octanol–water partition coefficient (Wildman–Crippen LogP) is 2.73. The van der Waals surface area contributed by atoms with Crippen LogP contribution in [0.15, 0.2) is 30.3 Å². The quantitative estimate of drug-likeness (QED) is 0.904. The van der Waals surface area contributed by atoms with Crippen LogP contribution in [0.5, 0.6) is 0 Å². The molecule has 0 aromatic heterocycles. The van der Waals surface area contributed by atoms with Crippen LogP contribution in [-0.2, 0) is 4.79 Å². The number of carbonyl (C=O) groups excluding carboxylic acids is 1. The predicted molar refractivity (Wildman–Crippen MR) is 77.6 cm³/mol. The van der Waals surface area contributed by atoms with Crippen LogP contribution in [0.2, 0.25) is 0 Å². The number of hydrogen-bond donors (Lipinski definition) is 1. The minimum Gasteiger partial charge on any atom is -0.342 e. The van der Waals surface area contributed by atoms with Gasteiger partial charge in [-0.05, 0) is 30.7 Å². The van der Waals surface area contributed by atoms with Gasteiger partial charge in [0.2, 0.25) is 5.91 Å². The van der Waals surface area contributed by atoms with Crippen molar-refractivity contribution in [3.05, 3.63) is 35.9 Å². The van der Waals surface area contributed by atoms with Gasteiger partial charge in [0, 0.05) is 25.6 Å². The fraction of sp³-hybridized carbons (Fsp3) is 0.562. The molecule has 2 N–H and O–H groups in total. The minimum absolute atomic E-state index is 0.0348. The minimum atomic E-state index is -0.0348. The standard InChI is InChI=1S/C16H24N2O/c1-13-6-5-11-18(12-13)16(19)10-9-15(17)14-7-3-2-4-8-14/h2-4,7-8,13,15H,5-6,9-12,17H2,1H3. The maximum Gasteiger partial charge on any atom is 0.222 e. The number of hydrogen-bond acceptors (Lipinski definition) is 2. The molecular formula is C16H24N2O. The van der Waals surface area contributed by atoms with Gasteiger partial charge in [0.1, 0.15) is 0 Å². The Balaban J connectivity index is 1.80. The van der Waals surface area contributed by atoms with Crippen LogP contribution in [0.4, 0.5) is 0 Å². The van der Waals surface area contributed by atoms with E-state index in [1.165, 1.54) is 6.42 Å². The highest BCUT2D eigenvalue weighted by Crippen LogP contribution is 2.19. The van der Waals surface area contributed by atoms with Crippen molar-refractivity contribution in [3.8, 4) is 0 Å². The zero-order valence-electron chi connectivity index (χ0n) is 11.7. The third kappa shape index (κ3) is 4.06. The summed E-state index contributed by atoms with van der Waals surface area (Å²) >= 11 is 0. The van der Waals surface area contributed by atoms with Crippen molar-refractivity contribution in [3.63, 3.8) is 0 Å². The lowest BCUT2D eigenvalue weighted by atomic mass is 9.99. The van der Waals surface area contributed by atoms with Crippen molar-refractivity contribution < 1.29 is 4.79 Å². The molecule has 19 heavy (non-hydrogen) atoms. The van der Waals surface area contributed by atoms with Gasteiger partial charge in [-0.1, -0.05) is 37.3 Å². The van der Waals surface area contributed by atoms with Gasteiger partial charge >= 0.3 is 0 Å². The van der Waals surface area contributed by atoms with Crippen LogP contribution < -0.4 is 5.73 Å². The van der Waals surface area contributed by atoms with E-state index >= 15 is 0 Å². The Labute approximate surface area is 115 Å². The third-order valence-corrected chi connectivity index (χ3v) is 3.91. The van der Waals surface area contributed by atoms with Gasteiger partial charge in [0.15, 0.2) is 0 Å². The molecule has 0 radical (unpaired) electrons. The Bertz CT molecular complexity index is 404. The lowest BCUT2D eigenvalue weighted by Crippen LogP contribution is -2.39. The van der Waals surface area contributed by atoms with Crippen LogP contribution in [0.25, 0.3) is 0 Å². The number of likely N-dealkylation sites (tertiary alicyclic amines) is 1. The summed E-state index contributed by atoms with van der Waals surface area (Å²) in [7, 11) is 0. The average molecular weight is 260 g/mol. The maximum atomic E-state index is 12.1. The molecule has 1 aromatic carbocycles. The average Bonchev–Trinajstić information content (AvgIpc) is 2.45. The Morgan fingerprint density at radius 2 is 2.16 bits per heavy atom. The Hall–Kier alpha value is -1.35. The number of carbonyl (C=O) groups is 1. The fourth-order valence-electron chi connectivity index (χ4n) is 2.72. The van der Waals surface area contributed by atoms with Crippen molar-refractivity contribution in [2.75, 3.05) is 13.1 Å². The molecule has 1 saturated heterocycles. The van der Waals surface area contributed by atoms with E-state index in [9.17, 15) is 4.79 Å². The van der Waals surface area contributed by atoms with E-state index < -0.39 is 0 Å². The van der Waals surface area contributed by atoms with E-state index in [2.05, 4.69) is 6.92 Å². The third-order valence-electron chi connectivity index (χ3n) is 3.91. The van der Waals surface area contributed by atoms with Crippen molar-refractivity contribution in [1.82, 2.24) is 4.90 Å². The van der Waals surface area contributed by atoms with Gasteiger partial charge in [-0.2, -0.15) is 0 Å². The summed E-state index contributed by atoms with van der Waals surface area (Å²) < 4.78 is 0. The number of amides is 1. The summed E-state index contributed by atoms with van der Waals surface area (Å²) in [6.07, 6.45) is 3.67. The van der Waals surface area contributed by atoms with Crippen LogP contribution in [0, 0.1) is 5.92 Å². The summed E-state index contributed by atoms with van der Waals surface area (Å²) in [4.78, 5) is 14.2. The zero-order chi connectivity index (χ0) is 13.7. The summed E-state index contributed by atoms with van der Waals surface area (Å²) in [5.41, 5.74) is 7.24. The molecule has 3 nitrogen and oxygen atoms in total. The Morgan fingerprint density at radius 1 is 1.42 bits per heavy atom. The van der Waals surface area contributed by atoms with Gasteiger partial charge in [0.25, 0.3) is 0 Å². The van der Waals surface area contributed by atoms with Crippen molar-refractivity contribution >= 4 is 5.91 Å². The Morgan fingerprint density at radius 3 is 2.84 bits per heavy atom. The van der Waals surface area contributed by atoms with Gasteiger partial charge in [-0.3, -0.25) is 4.79 Å². The molecule has 104 valence electrons. The first-order valence-corrected chi connectivity index (χ1v) is 7.25. The molecule has 0 spiro atoms. The fourth-order valence-corrected chi connectivity index (χ4v) is 2.72. The number of rotatable bonds is 4. The second kappa shape index (κ2) is 6.71. The molecule has 1 aliphatic rings. The van der Waals surface area contributed by atoms with Crippen molar-refractivity contribution in [2.45, 2.75) is 38.6 Å². The normalized spacial score (nSPS) is 21.2. The molecule has 2 rings (SSSR count). The zero-order valence-corrected chi connectivity index (χ0v) is 11.7. The largest absolute Gasteiger partial charge is 0.342 e. The molecule has 0 bridgehead atoms. The van der Waals surface area contributed by atoms with Crippen molar-refractivity contribution in [2.24, 2.45) is 11.7 Å². The number of benzene rings is 1. The van der Waals surface area contributed by atoms with Gasteiger partial charge in [0.05, 0.1) is 0 Å². The van der Waals surface area contributed by atoms with Crippen LogP contribution in [0.1, 0.15) is 44.2 Å². The SMILES string of the molecule is CC1CCCN(C(=O)CCC(N)c2ccccc2)C1. The first-order valence-electron chi connectivity index (χ1n) is 7.25. The van der Waals surface area contributed by atoms with E-state index in [0.717, 1.165) is 31.5 Å². The molecule has 3 heteroatoms. The molecule has 2 unspecified atom stereocenters. The smallest absolute Gasteiger partial charge is 0.222 e. The highest BCUT2D eigenvalue weighted by Gasteiger charge is 2.21. The first-order chi connectivity index (χ1) is 9.16. The number of nitrogens with two attached hydrogens (primary N) is 1. The summed E-state index contributed by atoms with van der Waals surface area (Å²) in [6.45, 7) is 4.05. The number of piperidine rings is 1. The highest BCUT2D eigenvalue weighted by molar-refractivity contribution is 5.76. The van der Waals surface area contributed by atoms with Crippen molar-refractivity contribution in [1.29, 1.82) is 0 Å². The van der Waals surface area contributed by atoms with Crippen LogP contribution in [-0.4, -0.2) is 23.9 Å². The van der Waals surface area contributed by atoms with Crippen LogP contribution >= 0.6 is 0 Å². The molecule has 1 amide bonds. The van der Waals surface area contributed by atoms with E-state index in [0.29, 0.717) is 12.3 Å². The number of nitrogens with zero attached hydrogens (tertiary/aromatic N) is 1. The summed E-state index contributed by atoms with van der Waals surface area (Å²) in [5, 5.41) is 0. The molecule has 1 aromatic rings. The van der Waals surface area contributed by atoms with Gasteiger partial charge in [-0.15, -0.1) is 0 Å². The maximum absolute atomic E-state index is 12.1. The molecule has 2 atom stereocenters. The van der Waals surface area contributed by atoms with E-state index in [1.54, 1.807) is 0 Å². The lowest BCUT2D eigenvalue weighted by molar-refractivity contribution is -0.133. The monoisotopic (exact) mass is 260 g/mol. The molecule has 0 saturated carbocycles. The van der Waals surface area contributed by atoms with Crippen LogP contribution in [0.3, 0.4) is 0 Å². The molecule has 1 aliphatic heterocycles. The summed E-state index contributed by atoms with van der Waals surface area (Å²) in [5.74, 6) is 0.901. The summed E-state index contributed by atoms with van der Waals surface area (Å²) in [6, 6.07) is 9.98. The van der Waals surface area contributed by atoms with Gasteiger partial charge < -0.3 is 10.6 Å². The first kappa shape index (κ1) is 14.1. The van der Waals surface area contributed by atoms with E-state index in [-0.39, 0.29) is 11.9 Å². The molecular weight excluding hydrogens is 236 g/mol. The Kier molecular flexibility index (Phi) is 4.97. The van der Waals surface area contributed by atoms with E-state index in [1.807, 2.05) is 35.2 Å². The lowest BCUT2D eigenvalue weighted by Gasteiger charge is -2.31. The highest BCUT2D eigenvalue weighted by atomic mass is 16.2. The molecule has 1 heterocycles. The molecule has 0 aliphatic carbocycles.